The zero-order chi connectivity index (χ0) is 14.5. The first-order valence-electron chi connectivity index (χ1n) is 6.30. The molecule has 20 heavy (non-hydrogen) atoms. The van der Waals surface area contributed by atoms with E-state index in [0.29, 0.717) is 18.8 Å². The Kier molecular flexibility index (Phi) is 4.84. The molecule has 0 spiro atoms. The number of anilines is 2. The minimum atomic E-state index is -0.352. The van der Waals surface area contributed by atoms with E-state index >= 15 is 0 Å². The van der Waals surface area contributed by atoms with E-state index in [0.717, 1.165) is 15.7 Å². The first kappa shape index (κ1) is 14.7. The molecule has 0 atom stereocenters. The molecule has 0 aromatic heterocycles. The highest BCUT2D eigenvalue weighted by atomic mass is 79.9. The number of ether oxygens (including phenoxy) is 1. The second-order valence-corrected chi connectivity index (χ2v) is 5.20. The fourth-order valence-electron chi connectivity index (χ4n) is 1.82. The molecule has 2 aromatic carbocycles. The van der Waals surface area contributed by atoms with Gasteiger partial charge in [-0.1, -0.05) is 22.0 Å². The van der Waals surface area contributed by atoms with Crippen molar-refractivity contribution in [3.05, 3.63) is 52.3 Å². The van der Waals surface area contributed by atoms with Crippen LogP contribution >= 0.6 is 15.9 Å². The van der Waals surface area contributed by atoms with E-state index in [1.54, 1.807) is 6.07 Å². The number of nitrogen functional groups attached to an aromatic ring is 1. The molecule has 2 aromatic rings. The third-order valence-corrected chi connectivity index (χ3v) is 3.29. The molecule has 0 aliphatic rings. The van der Waals surface area contributed by atoms with Crippen LogP contribution in [0.1, 0.15) is 12.5 Å². The van der Waals surface area contributed by atoms with E-state index in [2.05, 4.69) is 21.2 Å². The van der Waals surface area contributed by atoms with Crippen molar-refractivity contribution in [3.8, 4) is 5.75 Å². The number of rotatable bonds is 5. The van der Waals surface area contributed by atoms with E-state index in [9.17, 15) is 4.39 Å². The van der Waals surface area contributed by atoms with Crippen LogP contribution in [-0.2, 0) is 6.54 Å². The zero-order valence-electron chi connectivity index (χ0n) is 11.1. The van der Waals surface area contributed by atoms with Gasteiger partial charge in [-0.05, 0) is 42.8 Å². The second-order valence-electron chi connectivity index (χ2n) is 4.28. The van der Waals surface area contributed by atoms with Gasteiger partial charge >= 0.3 is 0 Å². The highest BCUT2D eigenvalue weighted by Gasteiger charge is 2.05. The van der Waals surface area contributed by atoms with Gasteiger partial charge in [-0.15, -0.1) is 0 Å². The molecular formula is C15H16BrFN2O. The summed E-state index contributed by atoms with van der Waals surface area (Å²) in [6.45, 7) is 2.77. The molecule has 0 aliphatic carbocycles. The van der Waals surface area contributed by atoms with Gasteiger partial charge in [0, 0.05) is 11.0 Å². The Morgan fingerprint density at radius 3 is 2.70 bits per heavy atom. The monoisotopic (exact) mass is 338 g/mol. The summed E-state index contributed by atoms with van der Waals surface area (Å²) in [6, 6.07) is 10.5. The molecule has 0 aliphatic heterocycles. The van der Waals surface area contributed by atoms with Crippen molar-refractivity contribution < 1.29 is 9.13 Å². The third kappa shape index (κ3) is 3.63. The predicted molar refractivity (Wildman–Crippen MR) is 83.5 cm³/mol. The fourth-order valence-corrected chi connectivity index (χ4v) is 2.20. The molecular weight excluding hydrogens is 323 g/mol. The number of nitrogens with two attached hydrogens (primary N) is 1. The summed E-state index contributed by atoms with van der Waals surface area (Å²) in [5.41, 5.74) is 8.19. The SMILES string of the molecule is CCOc1ccc(CNc2ccc(Br)cc2N)cc1F. The smallest absolute Gasteiger partial charge is 0.165 e. The number of halogens is 2. The van der Waals surface area contributed by atoms with Crippen molar-refractivity contribution in [2.75, 3.05) is 17.7 Å². The van der Waals surface area contributed by atoms with Crippen LogP contribution in [0.15, 0.2) is 40.9 Å². The average molecular weight is 339 g/mol. The lowest BCUT2D eigenvalue weighted by Gasteiger charge is -2.11. The molecule has 0 fully saturated rings. The molecule has 3 N–H and O–H groups in total. The fraction of sp³-hybridized carbons (Fsp3) is 0.200. The van der Waals surface area contributed by atoms with E-state index in [1.165, 1.54) is 6.07 Å². The van der Waals surface area contributed by atoms with Gasteiger partial charge in [-0.2, -0.15) is 0 Å². The van der Waals surface area contributed by atoms with Crippen LogP contribution in [-0.4, -0.2) is 6.61 Å². The minimum Gasteiger partial charge on any atom is -0.491 e. The Morgan fingerprint density at radius 1 is 1.25 bits per heavy atom. The van der Waals surface area contributed by atoms with Crippen LogP contribution in [0.5, 0.6) is 5.75 Å². The lowest BCUT2D eigenvalue weighted by atomic mass is 10.2. The predicted octanol–water partition coefficient (Wildman–Crippen LogP) is 4.18. The summed E-state index contributed by atoms with van der Waals surface area (Å²) in [6.07, 6.45) is 0. The molecule has 106 valence electrons. The molecule has 0 bridgehead atoms. The quantitative estimate of drug-likeness (QED) is 0.804. The van der Waals surface area contributed by atoms with Crippen molar-refractivity contribution >= 4 is 27.3 Å². The summed E-state index contributed by atoms with van der Waals surface area (Å²) < 4.78 is 19.8. The highest BCUT2D eigenvalue weighted by Crippen LogP contribution is 2.24. The van der Waals surface area contributed by atoms with Gasteiger partial charge in [0.2, 0.25) is 0 Å². The van der Waals surface area contributed by atoms with Crippen molar-refractivity contribution in [3.63, 3.8) is 0 Å². The molecule has 3 nitrogen and oxygen atoms in total. The van der Waals surface area contributed by atoms with Crippen LogP contribution in [0.3, 0.4) is 0 Å². The van der Waals surface area contributed by atoms with E-state index in [1.807, 2.05) is 31.2 Å². The Balaban J connectivity index is 2.05. The Bertz CT molecular complexity index is 604. The number of hydrogen-bond donors (Lipinski definition) is 2. The lowest BCUT2D eigenvalue weighted by molar-refractivity contribution is 0.321. The topological polar surface area (TPSA) is 47.3 Å². The molecule has 0 radical (unpaired) electrons. The van der Waals surface area contributed by atoms with Crippen LogP contribution < -0.4 is 15.8 Å². The van der Waals surface area contributed by atoms with E-state index in [-0.39, 0.29) is 11.6 Å². The molecule has 0 heterocycles. The van der Waals surface area contributed by atoms with Crippen molar-refractivity contribution in [2.45, 2.75) is 13.5 Å². The standard InChI is InChI=1S/C15H16BrFN2O/c1-2-20-15-6-3-10(7-12(15)17)9-19-14-5-4-11(16)8-13(14)18/h3-8,19H,2,9,18H2,1H3. The Hall–Kier alpha value is -1.75. The second kappa shape index (κ2) is 6.61. The van der Waals surface area contributed by atoms with Gasteiger partial charge in [0.15, 0.2) is 11.6 Å². The Morgan fingerprint density at radius 2 is 2.05 bits per heavy atom. The van der Waals surface area contributed by atoms with Gasteiger partial charge < -0.3 is 15.8 Å². The van der Waals surface area contributed by atoms with E-state index < -0.39 is 0 Å². The molecule has 0 saturated carbocycles. The molecule has 0 amide bonds. The maximum Gasteiger partial charge on any atom is 0.165 e. The van der Waals surface area contributed by atoms with Crippen LogP contribution in [0, 0.1) is 5.82 Å². The first-order chi connectivity index (χ1) is 9.60. The molecule has 2 rings (SSSR count). The first-order valence-corrected chi connectivity index (χ1v) is 7.09. The number of hydrogen-bond acceptors (Lipinski definition) is 3. The van der Waals surface area contributed by atoms with Gasteiger partial charge in [-0.25, -0.2) is 4.39 Å². The van der Waals surface area contributed by atoms with Crippen LogP contribution in [0.25, 0.3) is 0 Å². The summed E-state index contributed by atoms with van der Waals surface area (Å²) >= 11 is 3.35. The summed E-state index contributed by atoms with van der Waals surface area (Å²) in [4.78, 5) is 0. The summed E-state index contributed by atoms with van der Waals surface area (Å²) in [7, 11) is 0. The molecule has 0 unspecified atom stereocenters. The summed E-state index contributed by atoms with van der Waals surface area (Å²) in [5, 5.41) is 3.18. The number of benzene rings is 2. The molecule has 5 heteroatoms. The molecule has 0 saturated heterocycles. The van der Waals surface area contributed by atoms with Gasteiger partial charge in [0.1, 0.15) is 0 Å². The third-order valence-electron chi connectivity index (χ3n) is 2.79. The number of nitrogens with one attached hydrogen (secondary N) is 1. The normalized spacial score (nSPS) is 10.3. The lowest BCUT2D eigenvalue weighted by Crippen LogP contribution is -2.03. The van der Waals surface area contributed by atoms with Crippen molar-refractivity contribution in [1.29, 1.82) is 0 Å². The maximum atomic E-state index is 13.7. The van der Waals surface area contributed by atoms with Gasteiger partial charge in [-0.3, -0.25) is 0 Å². The highest BCUT2D eigenvalue weighted by molar-refractivity contribution is 9.10. The summed E-state index contributed by atoms with van der Waals surface area (Å²) in [5.74, 6) is -0.0747. The van der Waals surface area contributed by atoms with E-state index in [4.69, 9.17) is 10.5 Å². The minimum absolute atomic E-state index is 0.277. The maximum absolute atomic E-state index is 13.7. The zero-order valence-corrected chi connectivity index (χ0v) is 12.7. The largest absolute Gasteiger partial charge is 0.491 e. The van der Waals surface area contributed by atoms with Crippen LogP contribution in [0.2, 0.25) is 0 Å². The van der Waals surface area contributed by atoms with Gasteiger partial charge in [0.25, 0.3) is 0 Å². The average Bonchev–Trinajstić information content (AvgIpc) is 2.41. The van der Waals surface area contributed by atoms with Crippen molar-refractivity contribution in [2.24, 2.45) is 0 Å². The van der Waals surface area contributed by atoms with Gasteiger partial charge in [0.05, 0.1) is 18.0 Å². The van der Waals surface area contributed by atoms with Crippen molar-refractivity contribution in [1.82, 2.24) is 0 Å². The Labute approximate surface area is 126 Å². The van der Waals surface area contributed by atoms with Crippen LogP contribution in [0.4, 0.5) is 15.8 Å².